The number of aliphatic hydroxyl groups is 1. The van der Waals surface area contributed by atoms with Gasteiger partial charge in [0.25, 0.3) is 5.56 Å². The number of H-pyrrole nitrogens is 1. The van der Waals surface area contributed by atoms with Crippen LogP contribution in [0, 0.1) is 5.82 Å². The van der Waals surface area contributed by atoms with Crippen molar-refractivity contribution in [2.45, 2.75) is 49.8 Å². The van der Waals surface area contributed by atoms with Gasteiger partial charge in [0, 0.05) is 24.3 Å². The molecule has 1 fully saturated rings. The predicted molar refractivity (Wildman–Crippen MR) is 145 cm³/mol. The largest absolute Gasteiger partial charge is 0.508 e. The molecule has 8 N–H and O–H groups in total. The van der Waals surface area contributed by atoms with Gasteiger partial charge in [0.05, 0.1) is 12.3 Å². The molecule has 21 heteroatoms. The first-order valence-corrected chi connectivity index (χ1v) is 14.9. The number of carbonyl (C=O) groups is 5. The van der Waals surface area contributed by atoms with E-state index in [-0.39, 0.29) is 37.4 Å². The SMILES string of the molecule is NC(CCC(=O)NC(CSSCCOC(=O)OC[C@H]1O[C@@H](n2cc(F)c(=O)[nH]c2=O)C[C@@H]1O)C(=O)NCC(=O)O)C(=O)O. The summed E-state index contributed by atoms with van der Waals surface area (Å²) in [4.78, 5) is 82.7. The molecule has 18 nitrogen and oxygen atoms in total. The molecule has 0 radical (unpaired) electrons. The number of aromatic nitrogens is 2. The fourth-order valence-electron chi connectivity index (χ4n) is 3.38. The molecular formula is C22H30FN5O13S2. The molecule has 1 aromatic rings. The van der Waals surface area contributed by atoms with Crippen LogP contribution in [0.4, 0.5) is 9.18 Å². The average molecular weight is 656 g/mol. The lowest BCUT2D eigenvalue weighted by Crippen LogP contribution is -2.49. The lowest BCUT2D eigenvalue weighted by Gasteiger charge is -2.18. The molecule has 1 saturated heterocycles. The Bertz CT molecular complexity index is 1280. The molecule has 0 spiro atoms. The van der Waals surface area contributed by atoms with E-state index in [0.29, 0.717) is 6.20 Å². The standard InChI is InChI=1S/C22H30FN5O13S2/c23-10-7-28(21(37)27-18(10)33)16-5-13(29)14(41-16)8-40-22(38)39-3-4-42-43-9-12(19(34)25-6-17(31)32)26-15(30)2-1-11(24)20(35)36/h7,11-14,16,29H,1-6,8-9,24H2,(H,25,34)(H,26,30)(H,31,32)(H,35,36)(H,27,33,37)/t11?,12?,13-,14+,16+/m0/s1. The Morgan fingerprint density at radius 1 is 1.21 bits per heavy atom. The molecule has 2 rings (SSSR count). The van der Waals surface area contributed by atoms with Gasteiger partial charge >= 0.3 is 23.8 Å². The molecule has 0 bridgehead atoms. The third-order valence-electron chi connectivity index (χ3n) is 5.57. The molecule has 1 aromatic heterocycles. The number of hydrogen-bond donors (Lipinski definition) is 7. The first-order valence-electron chi connectivity index (χ1n) is 12.4. The van der Waals surface area contributed by atoms with Crippen LogP contribution in [-0.4, -0.2) is 110 Å². The number of halogens is 1. The van der Waals surface area contributed by atoms with E-state index >= 15 is 0 Å². The molecule has 2 unspecified atom stereocenters. The fourth-order valence-corrected chi connectivity index (χ4v) is 5.37. The number of nitrogens with one attached hydrogen (secondary N) is 3. The Hall–Kier alpha value is -3.66. The van der Waals surface area contributed by atoms with Gasteiger partial charge in [0.2, 0.25) is 17.6 Å². The molecule has 240 valence electrons. The first kappa shape index (κ1) is 35.5. The molecule has 1 aliphatic rings. The van der Waals surface area contributed by atoms with Gasteiger partial charge in [-0.15, -0.1) is 0 Å². The molecule has 1 aliphatic heterocycles. The zero-order valence-corrected chi connectivity index (χ0v) is 23.9. The predicted octanol–water partition coefficient (Wildman–Crippen LogP) is -2.26. The summed E-state index contributed by atoms with van der Waals surface area (Å²) in [6.45, 7) is -1.28. The summed E-state index contributed by atoms with van der Waals surface area (Å²) >= 11 is 0. The lowest BCUT2D eigenvalue weighted by atomic mass is 10.1. The summed E-state index contributed by atoms with van der Waals surface area (Å²) in [5.41, 5.74) is 3.20. The van der Waals surface area contributed by atoms with Crippen LogP contribution in [0.25, 0.3) is 0 Å². The summed E-state index contributed by atoms with van der Waals surface area (Å²) in [5, 5.41) is 32.2. The minimum absolute atomic E-state index is 0.0162. The van der Waals surface area contributed by atoms with Crippen molar-refractivity contribution in [1.29, 1.82) is 0 Å². The molecule has 2 heterocycles. The number of nitrogens with zero attached hydrogens (tertiary/aromatic N) is 1. The molecule has 0 saturated carbocycles. The van der Waals surface area contributed by atoms with E-state index in [1.165, 1.54) is 0 Å². The number of carboxylic acid groups (broad SMARTS) is 2. The summed E-state index contributed by atoms with van der Waals surface area (Å²) in [6, 6.07) is -2.42. The monoisotopic (exact) mass is 655 g/mol. The Kier molecular flexibility index (Phi) is 14.4. The van der Waals surface area contributed by atoms with Crippen molar-refractivity contribution < 1.29 is 57.9 Å². The minimum atomic E-state index is -1.30. The fraction of sp³-hybridized carbons (Fsp3) is 0.591. The summed E-state index contributed by atoms with van der Waals surface area (Å²) in [6.07, 6.45) is -4.43. The number of amides is 2. The summed E-state index contributed by atoms with van der Waals surface area (Å²) in [7, 11) is 2.24. The number of carboxylic acids is 2. The van der Waals surface area contributed by atoms with Gasteiger partial charge in [-0.05, 0) is 6.42 Å². The van der Waals surface area contributed by atoms with Crippen molar-refractivity contribution in [3.8, 4) is 0 Å². The first-order chi connectivity index (χ1) is 20.3. The van der Waals surface area contributed by atoms with Crippen LogP contribution in [0.5, 0.6) is 0 Å². The number of carbonyl (C=O) groups excluding carboxylic acids is 3. The topological polar surface area (TPSA) is 279 Å². The van der Waals surface area contributed by atoms with E-state index in [1.54, 1.807) is 4.98 Å². The van der Waals surface area contributed by atoms with E-state index in [0.717, 1.165) is 26.2 Å². The summed E-state index contributed by atoms with van der Waals surface area (Å²) in [5.74, 6) is -5.07. The van der Waals surface area contributed by atoms with Gasteiger partial charge in [-0.3, -0.25) is 33.5 Å². The van der Waals surface area contributed by atoms with Crippen molar-refractivity contribution in [3.63, 3.8) is 0 Å². The van der Waals surface area contributed by atoms with E-state index < -0.39 is 90.6 Å². The highest BCUT2D eigenvalue weighted by atomic mass is 33.1. The highest BCUT2D eigenvalue weighted by Gasteiger charge is 2.36. The second kappa shape index (κ2) is 17.5. The highest BCUT2D eigenvalue weighted by molar-refractivity contribution is 8.76. The molecule has 0 aromatic carbocycles. The molecule has 5 atom stereocenters. The Balaban J connectivity index is 1.71. The maximum Gasteiger partial charge on any atom is 0.508 e. The van der Waals surface area contributed by atoms with Crippen LogP contribution in [-0.2, 0) is 33.4 Å². The van der Waals surface area contributed by atoms with Gasteiger partial charge in [0.15, 0.2) is 0 Å². The summed E-state index contributed by atoms with van der Waals surface area (Å²) < 4.78 is 29.5. The molecular weight excluding hydrogens is 625 g/mol. The van der Waals surface area contributed by atoms with Gasteiger partial charge in [-0.2, -0.15) is 4.39 Å². The number of ether oxygens (including phenoxy) is 3. The lowest BCUT2D eigenvalue weighted by molar-refractivity contribution is -0.139. The number of aromatic amines is 1. The second-order valence-corrected chi connectivity index (χ2v) is 11.4. The number of rotatable bonds is 17. The van der Waals surface area contributed by atoms with Gasteiger partial charge in [-0.25, -0.2) is 9.59 Å². The number of nitrogens with two attached hydrogens (primary N) is 1. The third kappa shape index (κ3) is 12.2. The highest BCUT2D eigenvalue weighted by Crippen LogP contribution is 2.28. The Morgan fingerprint density at radius 3 is 2.60 bits per heavy atom. The van der Waals surface area contributed by atoms with E-state index in [9.17, 15) is 43.1 Å². The van der Waals surface area contributed by atoms with Crippen LogP contribution >= 0.6 is 21.6 Å². The van der Waals surface area contributed by atoms with E-state index in [4.69, 9.17) is 30.2 Å². The van der Waals surface area contributed by atoms with Crippen LogP contribution in [0.2, 0.25) is 0 Å². The maximum atomic E-state index is 13.5. The quantitative estimate of drug-likeness (QED) is 0.0529. The minimum Gasteiger partial charge on any atom is -0.480 e. The van der Waals surface area contributed by atoms with Crippen LogP contribution in [0.15, 0.2) is 15.8 Å². The average Bonchev–Trinajstić information content (AvgIpc) is 3.31. The van der Waals surface area contributed by atoms with Crippen LogP contribution < -0.4 is 27.6 Å². The molecule has 43 heavy (non-hydrogen) atoms. The van der Waals surface area contributed by atoms with E-state index in [2.05, 4.69) is 10.6 Å². The van der Waals surface area contributed by atoms with E-state index in [1.807, 2.05) is 0 Å². The zero-order chi connectivity index (χ0) is 32.1. The Labute approximate surface area is 249 Å². The molecule has 0 aliphatic carbocycles. The second-order valence-electron chi connectivity index (χ2n) is 8.81. The maximum absolute atomic E-state index is 13.5. The third-order valence-corrected chi connectivity index (χ3v) is 7.95. The van der Waals surface area contributed by atoms with Gasteiger partial charge in [0.1, 0.15) is 44.2 Å². The molecule has 2 amide bonds. The number of aliphatic carboxylic acids is 2. The van der Waals surface area contributed by atoms with Crippen molar-refractivity contribution in [2.75, 3.05) is 31.3 Å². The smallest absolute Gasteiger partial charge is 0.480 e. The normalized spacial score (nSPS) is 19.2. The van der Waals surface area contributed by atoms with Crippen LogP contribution in [0.3, 0.4) is 0 Å². The zero-order valence-electron chi connectivity index (χ0n) is 22.3. The Morgan fingerprint density at radius 2 is 1.93 bits per heavy atom. The van der Waals surface area contributed by atoms with Gasteiger partial charge in [-0.1, -0.05) is 21.6 Å². The van der Waals surface area contributed by atoms with Crippen molar-refractivity contribution in [1.82, 2.24) is 20.2 Å². The number of hydrogen-bond acceptors (Lipinski definition) is 14. The van der Waals surface area contributed by atoms with Crippen LogP contribution in [0.1, 0.15) is 25.5 Å². The van der Waals surface area contributed by atoms with Crippen molar-refractivity contribution in [2.24, 2.45) is 5.73 Å². The van der Waals surface area contributed by atoms with Gasteiger partial charge < -0.3 is 45.9 Å². The van der Waals surface area contributed by atoms with Crippen molar-refractivity contribution in [3.05, 3.63) is 32.9 Å². The van der Waals surface area contributed by atoms with Crippen molar-refractivity contribution >= 4 is 51.5 Å². The number of aliphatic hydroxyl groups excluding tert-OH is 1.